The molecule has 0 unspecified atom stereocenters. The summed E-state index contributed by atoms with van der Waals surface area (Å²) in [6.45, 7) is 8.83. The molecule has 0 spiro atoms. The number of aromatic nitrogens is 1. The number of thiol groups is 1. The van der Waals surface area contributed by atoms with Gasteiger partial charge < -0.3 is 9.99 Å². The first-order valence-corrected chi connectivity index (χ1v) is 12.0. The highest BCUT2D eigenvalue weighted by atomic mass is 32.2. The Bertz CT molecular complexity index is 1290. The van der Waals surface area contributed by atoms with Crippen LogP contribution in [0.1, 0.15) is 50.7 Å². The number of benzene rings is 3. The third-order valence-electron chi connectivity index (χ3n) is 5.81. The summed E-state index contributed by atoms with van der Waals surface area (Å²) < 4.78 is 23.7. The average Bonchev–Trinajstić information content (AvgIpc) is 3.17. The van der Waals surface area contributed by atoms with Gasteiger partial charge in [-0.1, -0.05) is 64.1 Å². The molecule has 0 aliphatic carbocycles. The van der Waals surface area contributed by atoms with Crippen molar-refractivity contribution in [3.8, 4) is 16.8 Å². The summed E-state index contributed by atoms with van der Waals surface area (Å²) >= 11 is 0. The van der Waals surface area contributed by atoms with Gasteiger partial charge in [0, 0.05) is 23.0 Å². The standard InChI is InChI=1S/C26H29N3O2S/c1-17(2)19-5-7-20(8-6-19)21-9-14-24-25(18(3)4)16-29(26(24)15-21)23-12-10-22(11-13-23)27-28-32(30)31/h5-18,27,32H,1-4H3,(H,28,30,31). The molecule has 0 aliphatic heterocycles. The Kier molecular flexibility index (Phi) is 6.35. The summed E-state index contributed by atoms with van der Waals surface area (Å²) in [5, 5.41) is 1.25. The minimum atomic E-state index is -2.70. The first-order chi connectivity index (χ1) is 15.3. The zero-order valence-corrected chi connectivity index (χ0v) is 19.7. The molecule has 5 nitrogen and oxygen atoms in total. The molecule has 0 bridgehead atoms. The third kappa shape index (κ3) is 4.56. The zero-order valence-electron chi connectivity index (χ0n) is 18.8. The van der Waals surface area contributed by atoms with Crippen molar-refractivity contribution in [1.29, 1.82) is 0 Å². The summed E-state index contributed by atoms with van der Waals surface area (Å²) in [6, 6.07) is 23.2. The topological polar surface area (TPSA) is 63.1 Å². The highest BCUT2D eigenvalue weighted by molar-refractivity contribution is 7.70. The first-order valence-electron chi connectivity index (χ1n) is 10.9. The Morgan fingerprint density at radius 2 is 1.44 bits per heavy atom. The second-order valence-corrected chi connectivity index (χ2v) is 9.40. The van der Waals surface area contributed by atoms with Crippen LogP contribution in [0.25, 0.3) is 27.7 Å². The molecule has 0 saturated heterocycles. The number of rotatable bonds is 7. The van der Waals surface area contributed by atoms with Crippen LogP contribution in [-0.2, 0) is 10.9 Å². The monoisotopic (exact) mass is 447 g/mol. The van der Waals surface area contributed by atoms with Crippen molar-refractivity contribution in [1.82, 2.24) is 9.40 Å². The van der Waals surface area contributed by atoms with Gasteiger partial charge in [-0.05, 0) is 64.4 Å². The highest BCUT2D eigenvalue weighted by Crippen LogP contribution is 2.33. The maximum Gasteiger partial charge on any atom is 0.218 e. The molecule has 0 amide bonds. The van der Waals surface area contributed by atoms with E-state index in [1.54, 1.807) is 0 Å². The predicted octanol–water partition coefficient (Wildman–Crippen LogP) is 5.99. The third-order valence-corrected chi connectivity index (χ3v) is 6.10. The SMILES string of the molecule is CC(C)c1ccc(-c2ccc3c(C(C)C)cn(-c4ccc(NN[SH](=O)=O)cc4)c3c2)cc1. The van der Waals surface area contributed by atoms with E-state index in [4.69, 9.17) is 0 Å². The second-order valence-electron chi connectivity index (χ2n) is 8.66. The maximum atomic E-state index is 10.7. The molecular formula is C26H29N3O2S. The molecule has 4 aromatic rings. The molecule has 1 heterocycles. The minimum absolute atomic E-state index is 0.397. The predicted molar refractivity (Wildman–Crippen MR) is 134 cm³/mol. The zero-order chi connectivity index (χ0) is 22.8. The minimum Gasteiger partial charge on any atom is -0.316 e. The lowest BCUT2D eigenvalue weighted by Gasteiger charge is -2.10. The van der Waals surface area contributed by atoms with Crippen LogP contribution < -0.4 is 10.3 Å². The number of anilines is 1. The van der Waals surface area contributed by atoms with Gasteiger partial charge >= 0.3 is 0 Å². The van der Waals surface area contributed by atoms with E-state index in [0.717, 1.165) is 11.2 Å². The van der Waals surface area contributed by atoms with E-state index in [1.165, 1.54) is 27.6 Å². The molecule has 6 heteroatoms. The number of fused-ring (bicyclic) bond motifs is 1. The van der Waals surface area contributed by atoms with E-state index in [0.29, 0.717) is 17.5 Å². The molecule has 1 aromatic heterocycles. The van der Waals surface area contributed by atoms with Crippen LogP contribution in [0.3, 0.4) is 0 Å². The highest BCUT2D eigenvalue weighted by Gasteiger charge is 2.14. The lowest BCUT2D eigenvalue weighted by Crippen LogP contribution is -2.18. The Morgan fingerprint density at radius 3 is 2.03 bits per heavy atom. The van der Waals surface area contributed by atoms with E-state index in [2.05, 4.69) is 91.2 Å². The van der Waals surface area contributed by atoms with Crippen molar-refractivity contribution < 1.29 is 8.42 Å². The maximum absolute atomic E-state index is 10.7. The fourth-order valence-electron chi connectivity index (χ4n) is 3.98. The first kappa shape index (κ1) is 22.1. The molecule has 0 aliphatic rings. The quantitative estimate of drug-likeness (QED) is 0.241. The second kappa shape index (κ2) is 9.18. The van der Waals surface area contributed by atoms with Gasteiger partial charge in [0.1, 0.15) is 0 Å². The van der Waals surface area contributed by atoms with Crippen molar-refractivity contribution in [2.45, 2.75) is 39.5 Å². The van der Waals surface area contributed by atoms with E-state index in [9.17, 15) is 8.42 Å². The number of hydrazine groups is 1. The summed E-state index contributed by atoms with van der Waals surface area (Å²) in [7, 11) is -2.70. The largest absolute Gasteiger partial charge is 0.316 e. The van der Waals surface area contributed by atoms with Crippen molar-refractivity contribution in [2.75, 3.05) is 5.43 Å². The van der Waals surface area contributed by atoms with Gasteiger partial charge in [0.2, 0.25) is 10.9 Å². The van der Waals surface area contributed by atoms with Crippen molar-refractivity contribution >= 4 is 27.5 Å². The van der Waals surface area contributed by atoms with E-state index >= 15 is 0 Å². The van der Waals surface area contributed by atoms with Crippen LogP contribution in [0.5, 0.6) is 0 Å². The lowest BCUT2D eigenvalue weighted by molar-refractivity contribution is 0.607. The molecular weight excluding hydrogens is 418 g/mol. The van der Waals surface area contributed by atoms with Gasteiger partial charge in [-0.2, -0.15) is 0 Å². The Morgan fingerprint density at radius 1 is 0.781 bits per heavy atom. The summed E-state index contributed by atoms with van der Waals surface area (Å²) in [4.78, 5) is 2.20. The van der Waals surface area contributed by atoms with Crippen molar-refractivity contribution in [3.63, 3.8) is 0 Å². The van der Waals surface area contributed by atoms with Crippen molar-refractivity contribution in [3.05, 3.63) is 84.1 Å². The molecule has 3 aromatic carbocycles. The number of nitrogens with one attached hydrogen (secondary N) is 2. The molecule has 0 fully saturated rings. The number of nitrogens with zero attached hydrogens (tertiary/aromatic N) is 1. The molecule has 0 atom stereocenters. The summed E-state index contributed by atoms with van der Waals surface area (Å²) in [5.74, 6) is 0.910. The van der Waals surface area contributed by atoms with Gasteiger partial charge in [0.25, 0.3) is 0 Å². The fraction of sp³-hybridized carbons (Fsp3) is 0.231. The lowest BCUT2D eigenvalue weighted by atomic mass is 9.97. The Hall–Kier alpha value is -3.09. The van der Waals surface area contributed by atoms with Crippen LogP contribution in [0.15, 0.2) is 72.9 Å². The van der Waals surface area contributed by atoms with Crippen LogP contribution in [-0.4, -0.2) is 13.0 Å². The summed E-state index contributed by atoms with van der Waals surface area (Å²) in [6.07, 6.45) is 2.20. The Balaban J connectivity index is 1.77. The van der Waals surface area contributed by atoms with Crippen molar-refractivity contribution in [2.24, 2.45) is 0 Å². The van der Waals surface area contributed by atoms with Gasteiger partial charge in [0.05, 0.1) is 5.52 Å². The summed E-state index contributed by atoms with van der Waals surface area (Å²) in [5.41, 5.74) is 10.5. The van der Waals surface area contributed by atoms with Gasteiger partial charge in [0.15, 0.2) is 0 Å². The molecule has 4 rings (SSSR count). The Labute approximate surface area is 191 Å². The van der Waals surface area contributed by atoms with Gasteiger partial charge in [-0.3, -0.25) is 0 Å². The number of hydrogen-bond donors (Lipinski definition) is 3. The van der Waals surface area contributed by atoms with E-state index in [-0.39, 0.29) is 0 Å². The van der Waals surface area contributed by atoms with Crippen LogP contribution in [0.2, 0.25) is 0 Å². The molecule has 166 valence electrons. The van der Waals surface area contributed by atoms with Crippen LogP contribution in [0, 0.1) is 0 Å². The van der Waals surface area contributed by atoms with E-state index in [1.807, 2.05) is 24.3 Å². The molecule has 0 saturated carbocycles. The van der Waals surface area contributed by atoms with Gasteiger partial charge in [-0.15, -0.1) is 4.83 Å². The molecule has 0 radical (unpaired) electrons. The molecule has 2 N–H and O–H groups in total. The van der Waals surface area contributed by atoms with E-state index < -0.39 is 10.9 Å². The average molecular weight is 448 g/mol. The normalized spacial score (nSPS) is 11.7. The molecule has 32 heavy (non-hydrogen) atoms. The smallest absolute Gasteiger partial charge is 0.218 e. The fourth-order valence-corrected chi connectivity index (χ4v) is 4.20. The van der Waals surface area contributed by atoms with Gasteiger partial charge in [-0.25, -0.2) is 8.42 Å². The van der Waals surface area contributed by atoms with Crippen LogP contribution in [0.4, 0.5) is 5.69 Å². The number of hydrogen-bond acceptors (Lipinski definition) is 3. The van der Waals surface area contributed by atoms with Crippen LogP contribution >= 0.6 is 0 Å².